The molecular formula is C13H14FN3. The van der Waals surface area contributed by atoms with Crippen LogP contribution in [-0.4, -0.2) is 16.5 Å². The molecule has 0 unspecified atom stereocenters. The Balaban J connectivity index is 2.23. The maximum Gasteiger partial charge on any atom is 0.142 e. The predicted octanol–water partition coefficient (Wildman–Crippen LogP) is 2.39. The number of hydrogen-bond donors (Lipinski definition) is 1. The first-order valence-corrected chi connectivity index (χ1v) is 5.58. The average Bonchev–Trinajstić information content (AvgIpc) is 2.37. The minimum absolute atomic E-state index is 0.240. The Labute approximate surface area is 99.7 Å². The molecule has 0 atom stereocenters. The van der Waals surface area contributed by atoms with Crippen LogP contribution in [0.25, 0.3) is 11.3 Å². The Bertz CT molecular complexity index is 482. The second kappa shape index (κ2) is 5.50. The van der Waals surface area contributed by atoms with Crippen LogP contribution in [0.4, 0.5) is 4.39 Å². The third-order valence-electron chi connectivity index (χ3n) is 2.38. The van der Waals surface area contributed by atoms with E-state index in [1.807, 2.05) is 13.0 Å². The summed E-state index contributed by atoms with van der Waals surface area (Å²) in [5, 5.41) is 3.17. The predicted molar refractivity (Wildman–Crippen MR) is 64.8 cm³/mol. The average molecular weight is 231 g/mol. The third-order valence-corrected chi connectivity index (χ3v) is 2.38. The Morgan fingerprint density at radius 2 is 1.94 bits per heavy atom. The van der Waals surface area contributed by atoms with Crippen LogP contribution < -0.4 is 5.32 Å². The molecule has 0 saturated carbocycles. The molecule has 1 heterocycles. The van der Waals surface area contributed by atoms with E-state index in [-0.39, 0.29) is 5.82 Å². The Hall–Kier alpha value is -1.81. The quantitative estimate of drug-likeness (QED) is 0.878. The van der Waals surface area contributed by atoms with E-state index in [4.69, 9.17) is 0 Å². The fourth-order valence-electron chi connectivity index (χ4n) is 1.50. The monoisotopic (exact) mass is 231 g/mol. The summed E-state index contributed by atoms with van der Waals surface area (Å²) in [7, 11) is 0. The van der Waals surface area contributed by atoms with Gasteiger partial charge in [-0.1, -0.05) is 6.92 Å². The fraction of sp³-hybridized carbons (Fsp3) is 0.231. The minimum atomic E-state index is -0.240. The summed E-state index contributed by atoms with van der Waals surface area (Å²) in [4.78, 5) is 8.59. The van der Waals surface area contributed by atoms with Crippen LogP contribution in [0, 0.1) is 5.82 Å². The number of halogens is 1. The Morgan fingerprint density at radius 1 is 1.18 bits per heavy atom. The first-order valence-electron chi connectivity index (χ1n) is 5.58. The molecule has 2 rings (SSSR count). The van der Waals surface area contributed by atoms with Gasteiger partial charge in [0.1, 0.15) is 11.6 Å². The third kappa shape index (κ3) is 3.07. The molecule has 0 aliphatic heterocycles. The van der Waals surface area contributed by atoms with E-state index < -0.39 is 0 Å². The Morgan fingerprint density at radius 3 is 2.65 bits per heavy atom. The SMILES string of the molecule is CCNCc1nccc(-c2ccc(F)cc2)n1. The summed E-state index contributed by atoms with van der Waals surface area (Å²) in [5.74, 6) is 0.504. The van der Waals surface area contributed by atoms with Crippen molar-refractivity contribution in [3.63, 3.8) is 0 Å². The summed E-state index contributed by atoms with van der Waals surface area (Å²) in [6.07, 6.45) is 1.72. The summed E-state index contributed by atoms with van der Waals surface area (Å²) in [5.41, 5.74) is 1.71. The Kier molecular flexibility index (Phi) is 3.77. The second-order valence-electron chi connectivity index (χ2n) is 3.65. The normalized spacial score (nSPS) is 10.5. The molecule has 4 heteroatoms. The first kappa shape index (κ1) is 11.7. The summed E-state index contributed by atoms with van der Waals surface area (Å²) in [6.45, 7) is 3.56. The van der Waals surface area contributed by atoms with E-state index >= 15 is 0 Å². The zero-order valence-electron chi connectivity index (χ0n) is 9.65. The fourth-order valence-corrected chi connectivity index (χ4v) is 1.50. The van der Waals surface area contributed by atoms with Crippen LogP contribution in [-0.2, 0) is 6.54 Å². The van der Waals surface area contributed by atoms with Gasteiger partial charge in [0.05, 0.1) is 12.2 Å². The van der Waals surface area contributed by atoms with Gasteiger partial charge >= 0.3 is 0 Å². The molecule has 1 aromatic heterocycles. The molecule has 0 amide bonds. The zero-order chi connectivity index (χ0) is 12.1. The van der Waals surface area contributed by atoms with Gasteiger partial charge in [0.15, 0.2) is 0 Å². The van der Waals surface area contributed by atoms with Gasteiger partial charge in [-0.05, 0) is 36.9 Å². The molecule has 0 fully saturated rings. The number of hydrogen-bond acceptors (Lipinski definition) is 3. The van der Waals surface area contributed by atoms with Crippen molar-refractivity contribution in [3.05, 3.63) is 48.2 Å². The lowest BCUT2D eigenvalue weighted by Crippen LogP contribution is -2.14. The van der Waals surface area contributed by atoms with Crippen molar-refractivity contribution in [1.82, 2.24) is 15.3 Å². The molecule has 17 heavy (non-hydrogen) atoms. The number of aromatic nitrogens is 2. The standard InChI is InChI=1S/C13H14FN3/c1-2-15-9-13-16-8-7-12(17-13)10-3-5-11(14)6-4-10/h3-8,15H,2,9H2,1H3. The van der Waals surface area contributed by atoms with Gasteiger partial charge in [-0.2, -0.15) is 0 Å². The summed E-state index contributed by atoms with van der Waals surface area (Å²) < 4.78 is 12.8. The largest absolute Gasteiger partial charge is 0.310 e. The molecule has 0 aliphatic carbocycles. The van der Waals surface area contributed by atoms with Crippen LogP contribution in [0.2, 0.25) is 0 Å². The van der Waals surface area contributed by atoms with Crippen LogP contribution in [0.3, 0.4) is 0 Å². The van der Waals surface area contributed by atoms with Crippen LogP contribution in [0.5, 0.6) is 0 Å². The van der Waals surface area contributed by atoms with E-state index in [9.17, 15) is 4.39 Å². The molecule has 0 spiro atoms. The van der Waals surface area contributed by atoms with Crippen LogP contribution >= 0.6 is 0 Å². The molecule has 0 bridgehead atoms. The van der Waals surface area contributed by atoms with E-state index in [1.165, 1.54) is 12.1 Å². The molecule has 2 aromatic rings. The van der Waals surface area contributed by atoms with Gasteiger partial charge in [0.2, 0.25) is 0 Å². The van der Waals surface area contributed by atoms with Crippen molar-refractivity contribution in [1.29, 1.82) is 0 Å². The number of nitrogens with zero attached hydrogens (tertiary/aromatic N) is 2. The van der Waals surface area contributed by atoms with Gasteiger partial charge in [-0.25, -0.2) is 14.4 Å². The van der Waals surface area contributed by atoms with Gasteiger partial charge in [-0.3, -0.25) is 0 Å². The number of benzene rings is 1. The maximum absolute atomic E-state index is 12.8. The van der Waals surface area contributed by atoms with Crippen LogP contribution in [0.15, 0.2) is 36.5 Å². The molecule has 1 N–H and O–H groups in total. The lowest BCUT2D eigenvalue weighted by Gasteiger charge is -2.04. The van der Waals surface area contributed by atoms with Crippen molar-refractivity contribution < 1.29 is 4.39 Å². The maximum atomic E-state index is 12.8. The molecular weight excluding hydrogens is 217 g/mol. The highest BCUT2D eigenvalue weighted by atomic mass is 19.1. The number of rotatable bonds is 4. The molecule has 1 aromatic carbocycles. The van der Waals surface area contributed by atoms with Crippen molar-refractivity contribution in [2.45, 2.75) is 13.5 Å². The van der Waals surface area contributed by atoms with E-state index in [2.05, 4.69) is 15.3 Å². The summed E-state index contributed by atoms with van der Waals surface area (Å²) in [6, 6.07) is 8.12. The highest BCUT2D eigenvalue weighted by molar-refractivity contribution is 5.58. The molecule has 3 nitrogen and oxygen atoms in total. The highest BCUT2D eigenvalue weighted by Crippen LogP contribution is 2.16. The van der Waals surface area contributed by atoms with Gasteiger partial charge in [-0.15, -0.1) is 0 Å². The molecule has 0 radical (unpaired) electrons. The van der Waals surface area contributed by atoms with Gasteiger partial charge < -0.3 is 5.32 Å². The lowest BCUT2D eigenvalue weighted by atomic mass is 10.1. The number of nitrogens with one attached hydrogen (secondary N) is 1. The highest BCUT2D eigenvalue weighted by Gasteiger charge is 2.02. The van der Waals surface area contributed by atoms with Gasteiger partial charge in [0, 0.05) is 11.8 Å². The van der Waals surface area contributed by atoms with E-state index in [1.54, 1.807) is 18.3 Å². The first-order chi connectivity index (χ1) is 8.29. The topological polar surface area (TPSA) is 37.8 Å². The summed E-state index contributed by atoms with van der Waals surface area (Å²) >= 11 is 0. The smallest absolute Gasteiger partial charge is 0.142 e. The molecule has 88 valence electrons. The van der Waals surface area contributed by atoms with Crippen molar-refractivity contribution in [2.24, 2.45) is 0 Å². The zero-order valence-corrected chi connectivity index (χ0v) is 9.65. The van der Waals surface area contributed by atoms with E-state index in [0.29, 0.717) is 6.54 Å². The van der Waals surface area contributed by atoms with Crippen molar-refractivity contribution in [2.75, 3.05) is 6.54 Å². The van der Waals surface area contributed by atoms with E-state index in [0.717, 1.165) is 23.6 Å². The van der Waals surface area contributed by atoms with Gasteiger partial charge in [0.25, 0.3) is 0 Å². The van der Waals surface area contributed by atoms with Crippen LogP contribution in [0.1, 0.15) is 12.7 Å². The lowest BCUT2D eigenvalue weighted by molar-refractivity contribution is 0.628. The molecule has 0 aliphatic rings. The van der Waals surface area contributed by atoms with Crippen molar-refractivity contribution >= 4 is 0 Å². The van der Waals surface area contributed by atoms with Crippen molar-refractivity contribution in [3.8, 4) is 11.3 Å². The second-order valence-corrected chi connectivity index (χ2v) is 3.65. The minimum Gasteiger partial charge on any atom is -0.310 e. The molecule has 0 saturated heterocycles.